The van der Waals surface area contributed by atoms with Crippen LogP contribution < -0.4 is 5.32 Å². The number of hydrogen-bond acceptors (Lipinski definition) is 5. The van der Waals surface area contributed by atoms with E-state index in [0.29, 0.717) is 5.57 Å². The van der Waals surface area contributed by atoms with Gasteiger partial charge in [-0.2, -0.15) is 0 Å². The van der Waals surface area contributed by atoms with Gasteiger partial charge in [0.1, 0.15) is 11.1 Å². The minimum Gasteiger partial charge on any atom is -0.515 e. The Balaban J connectivity index is 2.10. The number of fused-ring (bicyclic) bond motifs is 1. The number of hydrogen-bond donors (Lipinski definition) is 1. The average Bonchev–Trinajstić information content (AvgIpc) is 2.59. The predicted octanol–water partition coefficient (Wildman–Crippen LogP) is 3.90. The highest BCUT2D eigenvalue weighted by Crippen LogP contribution is 2.57. The summed E-state index contributed by atoms with van der Waals surface area (Å²) in [5, 5.41) is 2.84. The maximum absolute atomic E-state index is 13.1. The van der Waals surface area contributed by atoms with Gasteiger partial charge in [0.2, 0.25) is 20.1 Å². The standard InChI is InChI=1S/C19H22Br2N2O4SSi/c1-11(24)22-19(21)13(10-20)15(18(26)27-29(2,3)4)23-16(25)14(17(23)28-19)12-8-6-5-7-9-12/h5-9,14,17H,10H2,1-4H3,(H,22,24)/t14-,17-,19?/m1/s1. The third-order valence-corrected chi connectivity index (χ3v) is 8.46. The summed E-state index contributed by atoms with van der Waals surface area (Å²) in [6, 6.07) is 9.46. The van der Waals surface area contributed by atoms with Crippen LogP contribution in [0.25, 0.3) is 0 Å². The number of thioether (sulfide) groups is 1. The number of halogens is 2. The second kappa shape index (κ2) is 8.20. The van der Waals surface area contributed by atoms with Crippen molar-refractivity contribution in [1.82, 2.24) is 10.2 Å². The van der Waals surface area contributed by atoms with Gasteiger partial charge >= 0.3 is 5.97 Å². The van der Waals surface area contributed by atoms with E-state index in [4.69, 9.17) is 4.43 Å². The molecule has 2 amide bonds. The summed E-state index contributed by atoms with van der Waals surface area (Å²) in [4.78, 5) is 39.7. The molecular formula is C19H22Br2N2O4SSi. The Bertz CT molecular complexity index is 890. The summed E-state index contributed by atoms with van der Waals surface area (Å²) in [7, 11) is -2.20. The number of β-lactam (4-membered cyclic amide) rings is 1. The molecule has 6 nitrogen and oxygen atoms in total. The van der Waals surface area contributed by atoms with Crippen LogP contribution in [0.1, 0.15) is 18.4 Å². The predicted molar refractivity (Wildman–Crippen MR) is 123 cm³/mol. The Morgan fingerprint density at radius 3 is 2.41 bits per heavy atom. The summed E-state index contributed by atoms with van der Waals surface area (Å²) in [6.07, 6.45) is 0. The molecule has 0 aliphatic carbocycles. The fourth-order valence-electron chi connectivity index (χ4n) is 3.35. The van der Waals surface area contributed by atoms with Crippen LogP contribution in [0.3, 0.4) is 0 Å². The van der Waals surface area contributed by atoms with Crippen molar-refractivity contribution < 1.29 is 18.8 Å². The number of carbonyl (C=O) groups excluding carboxylic acids is 3. The quantitative estimate of drug-likeness (QED) is 0.255. The van der Waals surface area contributed by atoms with Crippen LogP contribution >= 0.6 is 43.6 Å². The lowest BCUT2D eigenvalue weighted by molar-refractivity contribution is -0.147. The maximum Gasteiger partial charge on any atom is 0.341 e. The second-order valence-electron chi connectivity index (χ2n) is 7.84. The molecule has 0 saturated carbocycles. The number of nitrogens with one attached hydrogen (secondary N) is 1. The first kappa shape index (κ1) is 22.6. The Morgan fingerprint density at radius 2 is 1.90 bits per heavy atom. The van der Waals surface area contributed by atoms with Gasteiger partial charge in [-0.15, -0.1) is 0 Å². The zero-order valence-electron chi connectivity index (χ0n) is 16.5. The summed E-state index contributed by atoms with van der Waals surface area (Å²) < 4.78 is 4.71. The Labute approximate surface area is 192 Å². The van der Waals surface area contributed by atoms with Crippen LogP contribution in [0.15, 0.2) is 41.6 Å². The molecule has 10 heteroatoms. The molecule has 0 bridgehead atoms. The van der Waals surface area contributed by atoms with Gasteiger partial charge in [0.15, 0.2) is 3.78 Å². The Hall–Kier alpha value is -1.10. The van der Waals surface area contributed by atoms with Crippen molar-refractivity contribution in [3.63, 3.8) is 0 Å². The van der Waals surface area contributed by atoms with Crippen LogP contribution in [0.5, 0.6) is 0 Å². The highest BCUT2D eigenvalue weighted by molar-refractivity contribution is 9.12. The van der Waals surface area contributed by atoms with Crippen LogP contribution in [0.4, 0.5) is 0 Å². The largest absolute Gasteiger partial charge is 0.515 e. The molecule has 2 heterocycles. The summed E-state index contributed by atoms with van der Waals surface area (Å²) >= 11 is 8.47. The lowest BCUT2D eigenvalue weighted by Crippen LogP contribution is -2.64. The lowest BCUT2D eigenvalue weighted by Gasteiger charge is -2.54. The Kier molecular flexibility index (Phi) is 6.39. The number of nitrogens with zero attached hydrogens (tertiary/aromatic N) is 1. The van der Waals surface area contributed by atoms with Gasteiger partial charge in [-0.3, -0.25) is 14.5 Å². The van der Waals surface area contributed by atoms with Gasteiger partial charge in [-0.05, 0) is 41.1 Å². The van der Waals surface area contributed by atoms with Gasteiger partial charge in [0, 0.05) is 17.8 Å². The molecule has 29 heavy (non-hydrogen) atoms. The molecule has 0 radical (unpaired) electrons. The maximum atomic E-state index is 13.1. The van der Waals surface area contributed by atoms with Gasteiger partial charge < -0.3 is 9.74 Å². The van der Waals surface area contributed by atoms with Crippen LogP contribution in [0, 0.1) is 0 Å². The first-order chi connectivity index (χ1) is 13.5. The highest BCUT2D eigenvalue weighted by atomic mass is 79.9. The Morgan fingerprint density at radius 1 is 1.28 bits per heavy atom. The molecule has 156 valence electrons. The van der Waals surface area contributed by atoms with Gasteiger partial charge in [0.25, 0.3) is 0 Å². The molecule has 3 rings (SSSR count). The van der Waals surface area contributed by atoms with Gasteiger partial charge in [-0.25, -0.2) is 4.79 Å². The smallest absolute Gasteiger partial charge is 0.341 e. The van der Waals surface area contributed by atoms with E-state index in [1.807, 2.05) is 50.0 Å². The topological polar surface area (TPSA) is 75.7 Å². The third kappa shape index (κ3) is 4.35. The normalized spacial score (nSPS) is 26.6. The molecule has 0 spiro atoms. The summed E-state index contributed by atoms with van der Waals surface area (Å²) in [5.41, 5.74) is 1.64. The van der Waals surface area contributed by atoms with Gasteiger partial charge in [0.05, 0.1) is 5.92 Å². The molecule has 0 aromatic heterocycles. The van der Waals surface area contributed by atoms with E-state index < -0.39 is 24.0 Å². The van der Waals surface area contributed by atoms with Crippen molar-refractivity contribution in [1.29, 1.82) is 0 Å². The molecule has 1 fully saturated rings. The molecule has 1 aromatic carbocycles. The van der Waals surface area contributed by atoms with E-state index >= 15 is 0 Å². The molecule has 1 N–H and O–H groups in total. The number of alkyl halides is 2. The van der Waals surface area contributed by atoms with Crippen molar-refractivity contribution >= 4 is 69.7 Å². The summed E-state index contributed by atoms with van der Waals surface area (Å²) in [5.74, 6) is -1.33. The minimum atomic E-state index is -2.20. The molecule has 2 aliphatic heterocycles. The van der Waals surface area contributed by atoms with Crippen molar-refractivity contribution in [2.24, 2.45) is 0 Å². The highest BCUT2D eigenvalue weighted by Gasteiger charge is 2.60. The molecule has 1 aromatic rings. The number of rotatable bonds is 5. The van der Waals surface area contributed by atoms with Crippen molar-refractivity contribution in [3.05, 3.63) is 47.2 Å². The lowest BCUT2D eigenvalue weighted by atomic mass is 9.88. The number of carbonyl (C=O) groups is 3. The van der Waals surface area contributed by atoms with E-state index in [1.165, 1.54) is 23.6 Å². The average molecular weight is 562 g/mol. The first-order valence-corrected chi connectivity index (χ1v) is 15.2. The van der Waals surface area contributed by atoms with E-state index in [0.717, 1.165) is 5.56 Å². The minimum absolute atomic E-state index is 0.146. The fraction of sp³-hybridized carbons (Fsp3) is 0.421. The summed E-state index contributed by atoms with van der Waals surface area (Å²) in [6.45, 7) is 7.15. The SMILES string of the molecule is CC(=O)NC1(Br)S[C@@H]2[C@H](c3ccccc3)C(=O)N2C(C(=O)O[Si](C)(C)C)=C1CBr. The van der Waals surface area contributed by atoms with Crippen LogP contribution in [-0.2, 0) is 18.8 Å². The van der Waals surface area contributed by atoms with E-state index in [9.17, 15) is 14.4 Å². The molecule has 2 aliphatic rings. The van der Waals surface area contributed by atoms with E-state index in [-0.39, 0.29) is 28.2 Å². The number of benzene rings is 1. The zero-order chi connectivity index (χ0) is 21.6. The van der Waals surface area contributed by atoms with Crippen molar-refractivity contribution in [2.45, 2.75) is 41.6 Å². The van der Waals surface area contributed by atoms with Gasteiger partial charge in [-0.1, -0.05) is 58.0 Å². The first-order valence-electron chi connectivity index (χ1n) is 9.05. The van der Waals surface area contributed by atoms with E-state index in [1.54, 1.807) is 0 Å². The molecule has 1 unspecified atom stereocenters. The monoisotopic (exact) mass is 560 g/mol. The third-order valence-electron chi connectivity index (χ3n) is 4.46. The second-order valence-corrected chi connectivity index (χ2v) is 15.9. The van der Waals surface area contributed by atoms with E-state index in [2.05, 4.69) is 37.2 Å². The molecule has 1 saturated heterocycles. The van der Waals surface area contributed by atoms with Crippen LogP contribution in [0.2, 0.25) is 19.6 Å². The number of amides is 2. The van der Waals surface area contributed by atoms with Crippen molar-refractivity contribution in [2.75, 3.05) is 5.33 Å². The van der Waals surface area contributed by atoms with Crippen molar-refractivity contribution in [3.8, 4) is 0 Å². The zero-order valence-corrected chi connectivity index (χ0v) is 21.5. The molecule has 3 atom stereocenters. The fourth-order valence-corrected chi connectivity index (χ4v) is 8.01. The molecular weight excluding hydrogens is 540 g/mol. The van der Waals surface area contributed by atoms with Crippen LogP contribution in [-0.4, -0.2) is 45.5 Å².